The fourth-order valence-electron chi connectivity index (χ4n) is 2.16. The zero-order chi connectivity index (χ0) is 16.8. The van der Waals surface area contributed by atoms with E-state index in [0.29, 0.717) is 16.3 Å². The number of rotatable bonds is 6. The Morgan fingerprint density at radius 2 is 1.83 bits per heavy atom. The highest BCUT2D eigenvalue weighted by molar-refractivity contribution is 6.30. The molecule has 0 aliphatic heterocycles. The summed E-state index contributed by atoms with van der Waals surface area (Å²) in [6.45, 7) is 0. The van der Waals surface area contributed by atoms with E-state index >= 15 is 0 Å². The predicted octanol–water partition coefficient (Wildman–Crippen LogP) is 2.17. The van der Waals surface area contributed by atoms with E-state index in [1.165, 1.54) is 0 Å². The Balaban J connectivity index is 2.14. The molecule has 3 N–H and O–H groups in total. The minimum absolute atomic E-state index is 0.249. The van der Waals surface area contributed by atoms with Crippen LogP contribution in [0.4, 0.5) is 0 Å². The molecular formula is C17H17ClN2O3. The van der Waals surface area contributed by atoms with E-state index in [9.17, 15) is 9.59 Å². The number of hydrogen-bond donors (Lipinski definition) is 2. The van der Waals surface area contributed by atoms with Crippen molar-refractivity contribution in [2.45, 2.75) is 12.5 Å². The predicted molar refractivity (Wildman–Crippen MR) is 88.6 cm³/mol. The van der Waals surface area contributed by atoms with E-state index < -0.39 is 11.9 Å². The number of hydrogen-bond acceptors (Lipinski definition) is 3. The van der Waals surface area contributed by atoms with E-state index in [4.69, 9.17) is 22.1 Å². The van der Waals surface area contributed by atoms with E-state index in [1.54, 1.807) is 37.4 Å². The lowest BCUT2D eigenvalue weighted by Crippen LogP contribution is -2.45. The summed E-state index contributed by atoms with van der Waals surface area (Å²) in [5, 5.41) is 3.17. The average molecular weight is 333 g/mol. The van der Waals surface area contributed by atoms with Crippen LogP contribution in [0, 0.1) is 0 Å². The molecule has 0 aromatic heterocycles. The number of para-hydroxylation sites is 1. The lowest BCUT2D eigenvalue weighted by molar-refractivity contribution is -0.119. The Labute approximate surface area is 139 Å². The van der Waals surface area contributed by atoms with Gasteiger partial charge in [0.15, 0.2) is 0 Å². The standard InChI is InChI=1S/C17H17ClN2O3/c1-23-15-5-3-2-4-12(15)10-14(16(19)21)20-17(22)11-6-8-13(18)9-7-11/h2-9,14H,10H2,1H3,(H2,19,21)(H,20,22)/t14-/m0/s1. The Bertz CT molecular complexity index is 701. The average Bonchev–Trinajstić information content (AvgIpc) is 2.55. The second kappa shape index (κ2) is 7.65. The number of ether oxygens (including phenoxy) is 1. The maximum atomic E-state index is 12.2. The summed E-state index contributed by atoms with van der Waals surface area (Å²) in [4.78, 5) is 23.9. The number of amides is 2. The van der Waals surface area contributed by atoms with Gasteiger partial charge in [-0.15, -0.1) is 0 Å². The van der Waals surface area contributed by atoms with Gasteiger partial charge in [-0.2, -0.15) is 0 Å². The quantitative estimate of drug-likeness (QED) is 0.850. The van der Waals surface area contributed by atoms with E-state index in [0.717, 1.165) is 5.56 Å². The fourth-order valence-corrected chi connectivity index (χ4v) is 2.28. The molecule has 0 saturated heterocycles. The zero-order valence-corrected chi connectivity index (χ0v) is 13.3. The van der Waals surface area contributed by atoms with Gasteiger partial charge in [0, 0.05) is 17.0 Å². The molecule has 0 aliphatic rings. The highest BCUT2D eigenvalue weighted by Crippen LogP contribution is 2.19. The summed E-state index contributed by atoms with van der Waals surface area (Å²) >= 11 is 5.79. The van der Waals surface area contributed by atoms with Crippen LogP contribution in [0.15, 0.2) is 48.5 Å². The first-order valence-electron chi connectivity index (χ1n) is 6.99. The highest BCUT2D eigenvalue weighted by Gasteiger charge is 2.21. The molecule has 2 amide bonds. The number of halogens is 1. The summed E-state index contributed by atoms with van der Waals surface area (Å²) in [6, 6.07) is 12.8. The van der Waals surface area contributed by atoms with E-state index in [2.05, 4.69) is 5.32 Å². The van der Waals surface area contributed by atoms with Gasteiger partial charge in [0.25, 0.3) is 5.91 Å². The topological polar surface area (TPSA) is 81.4 Å². The number of carbonyl (C=O) groups is 2. The van der Waals surface area contributed by atoms with E-state index in [-0.39, 0.29) is 12.3 Å². The molecule has 0 saturated carbocycles. The third-order valence-electron chi connectivity index (χ3n) is 3.37. The van der Waals surface area contributed by atoms with Crippen molar-refractivity contribution < 1.29 is 14.3 Å². The van der Waals surface area contributed by atoms with Gasteiger partial charge in [-0.05, 0) is 35.9 Å². The first-order chi connectivity index (χ1) is 11.0. The molecule has 0 unspecified atom stereocenters. The van der Waals surface area contributed by atoms with Crippen molar-refractivity contribution in [1.82, 2.24) is 5.32 Å². The van der Waals surface area contributed by atoms with Gasteiger partial charge in [-0.3, -0.25) is 9.59 Å². The van der Waals surface area contributed by atoms with Crippen molar-refractivity contribution in [3.8, 4) is 5.75 Å². The summed E-state index contributed by atoms with van der Waals surface area (Å²) in [5.74, 6) is -0.363. The third-order valence-corrected chi connectivity index (χ3v) is 3.62. The van der Waals surface area contributed by atoms with Crippen LogP contribution in [0.25, 0.3) is 0 Å². The zero-order valence-electron chi connectivity index (χ0n) is 12.6. The van der Waals surface area contributed by atoms with Crippen molar-refractivity contribution in [3.63, 3.8) is 0 Å². The molecule has 2 rings (SSSR count). The lowest BCUT2D eigenvalue weighted by atomic mass is 10.0. The Morgan fingerprint density at radius 1 is 1.17 bits per heavy atom. The maximum Gasteiger partial charge on any atom is 0.251 e. The molecule has 0 radical (unpaired) electrons. The summed E-state index contributed by atoms with van der Waals surface area (Å²) < 4.78 is 5.25. The lowest BCUT2D eigenvalue weighted by Gasteiger charge is -2.17. The Morgan fingerprint density at radius 3 is 2.43 bits per heavy atom. The van der Waals surface area contributed by atoms with Crippen LogP contribution in [0.3, 0.4) is 0 Å². The Kier molecular flexibility index (Phi) is 5.60. The SMILES string of the molecule is COc1ccccc1C[C@H](NC(=O)c1ccc(Cl)cc1)C(N)=O. The maximum absolute atomic E-state index is 12.2. The van der Waals surface area contributed by atoms with Gasteiger partial charge in [0.05, 0.1) is 7.11 Å². The summed E-state index contributed by atoms with van der Waals surface area (Å²) in [5.41, 5.74) is 6.60. The second-order valence-corrected chi connectivity index (χ2v) is 5.39. The van der Waals surface area contributed by atoms with Gasteiger partial charge in [-0.1, -0.05) is 29.8 Å². The number of nitrogens with two attached hydrogens (primary N) is 1. The molecule has 0 bridgehead atoms. The van der Waals surface area contributed by atoms with Crippen LogP contribution in [0.5, 0.6) is 5.75 Å². The van der Waals surface area contributed by atoms with Crippen molar-refractivity contribution in [1.29, 1.82) is 0 Å². The third kappa shape index (κ3) is 4.47. The smallest absolute Gasteiger partial charge is 0.251 e. The molecule has 0 spiro atoms. The van der Waals surface area contributed by atoms with Gasteiger partial charge in [0.2, 0.25) is 5.91 Å². The fraction of sp³-hybridized carbons (Fsp3) is 0.176. The molecule has 2 aromatic carbocycles. The minimum Gasteiger partial charge on any atom is -0.496 e. The molecule has 0 aliphatic carbocycles. The molecule has 5 nitrogen and oxygen atoms in total. The molecule has 1 atom stereocenters. The van der Waals surface area contributed by atoms with Crippen LogP contribution in [0.1, 0.15) is 15.9 Å². The number of benzene rings is 2. The van der Waals surface area contributed by atoms with Crippen molar-refractivity contribution in [3.05, 3.63) is 64.7 Å². The molecule has 6 heteroatoms. The van der Waals surface area contributed by atoms with Gasteiger partial charge < -0.3 is 15.8 Å². The van der Waals surface area contributed by atoms with Crippen molar-refractivity contribution >= 4 is 23.4 Å². The van der Waals surface area contributed by atoms with E-state index in [1.807, 2.05) is 18.2 Å². The monoisotopic (exact) mass is 332 g/mol. The van der Waals surface area contributed by atoms with Crippen LogP contribution in [-0.4, -0.2) is 25.0 Å². The van der Waals surface area contributed by atoms with Crippen LogP contribution >= 0.6 is 11.6 Å². The van der Waals surface area contributed by atoms with Crippen molar-refractivity contribution in [2.24, 2.45) is 5.73 Å². The first-order valence-corrected chi connectivity index (χ1v) is 7.36. The Hall–Kier alpha value is -2.53. The van der Waals surface area contributed by atoms with Gasteiger partial charge in [0.1, 0.15) is 11.8 Å². The number of carbonyl (C=O) groups excluding carboxylic acids is 2. The normalized spacial score (nSPS) is 11.6. The van der Waals surface area contributed by atoms with Gasteiger partial charge >= 0.3 is 0 Å². The number of primary amides is 1. The molecule has 0 fully saturated rings. The van der Waals surface area contributed by atoms with Crippen LogP contribution in [0.2, 0.25) is 5.02 Å². The number of methoxy groups -OCH3 is 1. The largest absolute Gasteiger partial charge is 0.496 e. The van der Waals surface area contributed by atoms with Crippen LogP contribution < -0.4 is 15.8 Å². The molecule has 120 valence electrons. The summed E-state index contributed by atoms with van der Waals surface area (Å²) in [6.07, 6.45) is 0.249. The highest BCUT2D eigenvalue weighted by atomic mass is 35.5. The van der Waals surface area contributed by atoms with Crippen LogP contribution in [-0.2, 0) is 11.2 Å². The number of nitrogens with one attached hydrogen (secondary N) is 1. The molecule has 0 heterocycles. The summed E-state index contributed by atoms with van der Waals surface area (Å²) in [7, 11) is 1.55. The van der Waals surface area contributed by atoms with Gasteiger partial charge in [-0.25, -0.2) is 0 Å². The molecule has 23 heavy (non-hydrogen) atoms. The first kappa shape index (κ1) is 16.8. The van der Waals surface area contributed by atoms with Crippen molar-refractivity contribution in [2.75, 3.05) is 7.11 Å². The second-order valence-electron chi connectivity index (χ2n) is 4.95. The molecular weight excluding hydrogens is 316 g/mol. The molecule has 2 aromatic rings. The minimum atomic E-state index is -0.838.